The second-order valence-corrected chi connectivity index (χ2v) is 22.8. The van der Waals surface area contributed by atoms with Crippen LogP contribution in [0.1, 0.15) is 24.0 Å². The van der Waals surface area contributed by atoms with E-state index in [-0.39, 0.29) is 37.7 Å². The van der Waals surface area contributed by atoms with Gasteiger partial charge in [-0.05, 0) is 107 Å². The normalized spacial score (nSPS) is 11.8. The highest BCUT2D eigenvalue weighted by molar-refractivity contribution is 7.86. The molecule has 21 heteroatoms. The van der Waals surface area contributed by atoms with Gasteiger partial charge in [0, 0.05) is 73.9 Å². The first-order chi connectivity index (χ1) is 35.1. The van der Waals surface area contributed by atoms with Crippen molar-refractivity contribution in [2.75, 3.05) is 48.5 Å². The monoisotopic (exact) mass is 1070 g/mol. The number of benzene rings is 5. The van der Waals surface area contributed by atoms with Gasteiger partial charge in [0.25, 0.3) is 20.2 Å². The van der Waals surface area contributed by atoms with Crippen LogP contribution in [0.25, 0.3) is 65.5 Å². The SMILES string of the molecule is CN(C)c1ccc(-c2c3nsnc3c(-c3ccc(N(c4ccc(CCC(=O)NCCS(=O)(=O)O)cc4)c4ccc(CCC(=O)NCCS(=O)(=O)O)cc4)cc3)c3nc(-c4cccs4)c(-c4cccs4)nc23)cc1. The second-order valence-electron chi connectivity index (χ2n) is 17.2. The van der Waals surface area contributed by atoms with E-state index in [9.17, 15) is 26.4 Å². The maximum absolute atomic E-state index is 12.5. The molecule has 2 amide bonds. The van der Waals surface area contributed by atoms with Crippen LogP contribution >= 0.6 is 34.4 Å². The van der Waals surface area contributed by atoms with Crippen molar-refractivity contribution in [1.29, 1.82) is 0 Å². The van der Waals surface area contributed by atoms with Crippen molar-refractivity contribution in [3.05, 3.63) is 143 Å². The molecule has 0 bridgehead atoms. The van der Waals surface area contributed by atoms with E-state index in [1.807, 2.05) is 110 Å². The van der Waals surface area contributed by atoms with Gasteiger partial charge in [-0.1, -0.05) is 60.7 Å². The lowest BCUT2D eigenvalue weighted by Gasteiger charge is -2.26. The van der Waals surface area contributed by atoms with Crippen molar-refractivity contribution in [1.82, 2.24) is 29.3 Å². The summed E-state index contributed by atoms with van der Waals surface area (Å²) in [6, 6.07) is 40.2. The summed E-state index contributed by atoms with van der Waals surface area (Å²) in [4.78, 5) is 42.1. The molecule has 16 nitrogen and oxygen atoms in total. The van der Waals surface area contributed by atoms with Crippen LogP contribution in [0.15, 0.2) is 132 Å². The number of carbonyl (C=O) groups excluding carboxylic acids is 2. The largest absolute Gasteiger partial charge is 0.378 e. The number of hydrogen-bond acceptors (Lipinski definition) is 15. The number of hydrogen-bond donors (Lipinski definition) is 4. The molecule has 0 aliphatic heterocycles. The van der Waals surface area contributed by atoms with Crippen molar-refractivity contribution in [2.45, 2.75) is 25.7 Å². The Kier molecular flexibility index (Phi) is 15.4. The van der Waals surface area contributed by atoms with Gasteiger partial charge in [0.2, 0.25) is 11.8 Å². The molecule has 0 atom stereocenters. The zero-order valence-electron chi connectivity index (χ0n) is 39.4. The molecule has 0 saturated carbocycles. The average molecular weight is 1070 g/mol. The highest BCUT2D eigenvalue weighted by Gasteiger charge is 2.26. The molecule has 9 rings (SSSR count). The fourth-order valence-corrected chi connectivity index (χ4v) is 11.1. The predicted molar refractivity (Wildman–Crippen MR) is 293 cm³/mol. The molecule has 0 radical (unpaired) electrons. The number of anilines is 4. The topological polar surface area (TPSA) is 225 Å². The van der Waals surface area contributed by atoms with Crippen molar-refractivity contribution < 1.29 is 35.5 Å². The highest BCUT2D eigenvalue weighted by atomic mass is 32.2. The van der Waals surface area contributed by atoms with Crippen LogP contribution in [-0.2, 0) is 42.7 Å². The second kappa shape index (κ2) is 22.0. The smallest absolute Gasteiger partial charge is 0.266 e. The summed E-state index contributed by atoms with van der Waals surface area (Å²) in [5, 5.41) is 9.13. The van der Waals surface area contributed by atoms with Crippen LogP contribution in [0, 0.1) is 0 Å². The van der Waals surface area contributed by atoms with E-state index < -0.39 is 31.7 Å². The molecule has 4 aromatic heterocycles. The van der Waals surface area contributed by atoms with Crippen molar-refractivity contribution in [2.24, 2.45) is 0 Å². The maximum atomic E-state index is 12.5. The third kappa shape index (κ3) is 12.3. The van der Waals surface area contributed by atoms with Gasteiger partial charge in [-0.25, -0.2) is 9.97 Å². The van der Waals surface area contributed by atoms with Gasteiger partial charge in [-0.2, -0.15) is 25.6 Å². The van der Waals surface area contributed by atoms with Gasteiger partial charge in [0.05, 0.1) is 33.0 Å². The number of amides is 2. The van der Waals surface area contributed by atoms with Gasteiger partial charge < -0.3 is 20.4 Å². The van der Waals surface area contributed by atoms with Crippen LogP contribution in [0.3, 0.4) is 0 Å². The van der Waals surface area contributed by atoms with Crippen molar-refractivity contribution in [3.63, 3.8) is 0 Å². The Hall–Kier alpha value is -6.98. The van der Waals surface area contributed by atoms with E-state index in [0.717, 1.165) is 94.5 Å². The Bertz CT molecular complexity index is 3530. The lowest BCUT2D eigenvalue weighted by Crippen LogP contribution is -2.29. The highest BCUT2D eigenvalue weighted by Crippen LogP contribution is 2.46. The number of nitrogens with one attached hydrogen (secondary N) is 2. The lowest BCUT2D eigenvalue weighted by molar-refractivity contribution is -0.121. The van der Waals surface area contributed by atoms with Gasteiger partial charge in [0.15, 0.2) is 0 Å². The minimum absolute atomic E-state index is 0.116. The summed E-state index contributed by atoms with van der Waals surface area (Å²) in [7, 11) is -4.38. The number of aromatic nitrogens is 4. The molecule has 0 saturated heterocycles. The van der Waals surface area contributed by atoms with Gasteiger partial charge in [-0.15, -0.1) is 22.7 Å². The third-order valence-electron chi connectivity index (χ3n) is 12.0. The Labute approximate surface area is 434 Å². The van der Waals surface area contributed by atoms with Crippen molar-refractivity contribution >= 4 is 111 Å². The molecule has 0 fully saturated rings. The first-order valence-corrected chi connectivity index (χ1v) is 28.7. The van der Waals surface area contributed by atoms with E-state index >= 15 is 0 Å². The van der Waals surface area contributed by atoms with Gasteiger partial charge >= 0.3 is 0 Å². The summed E-state index contributed by atoms with van der Waals surface area (Å²) in [6.45, 7) is -0.376. The van der Waals surface area contributed by atoms with Crippen LogP contribution in [0.5, 0.6) is 0 Å². The van der Waals surface area contributed by atoms with Crippen LogP contribution in [-0.4, -0.2) is 95.2 Å². The molecule has 374 valence electrons. The standard InChI is InChI=1S/C52H48N8O8S5/c1-59(2)37-21-13-35(14-22-37)45-49-50(56-48(42-6-4-30-70-42)47(55-49)41-5-3-29-69-41)46(52-51(45)57-71-58-52)36-15-23-40(24-16-36)60(38-17-7-33(8-18-38)11-25-43(61)53-27-31-72(63,64)65)39-19-9-34(10-20-39)12-26-44(62)54-28-32-73(66,67)68/h3-10,13-24,29-30H,11-12,25-28,31-32H2,1-2H3,(H,53,61)(H,54,62)(H,63,64,65)(H,66,67,68). The van der Waals surface area contributed by atoms with Crippen LogP contribution < -0.4 is 20.4 Å². The summed E-state index contributed by atoms with van der Waals surface area (Å²) in [5.74, 6) is -1.81. The quantitative estimate of drug-likeness (QED) is 0.0522. The summed E-state index contributed by atoms with van der Waals surface area (Å²) in [5.41, 5.74) is 13.1. The molecule has 0 spiro atoms. The molecule has 0 aliphatic rings. The predicted octanol–water partition coefficient (Wildman–Crippen LogP) is 9.83. The number of aryl methyl sites for hydroxylation is 2. The number of rotatable bonds is 20. The number of nitrogens with zero attached hydrogens (tertiary/aromatic N) is 6. The molecule has 73 heavy (non-hydrogen) atoms. The van der Waals surface area contributed by atoms with Gasteiger partial charge in [-0.3, -0.25) is 18.7 Å². The maximum Gasteiger partial charge on any atom is 0.266 e. The fourth-order valence-electron chi connectivity index (χ4n) is 8.35. The average Bonchev–Trinajstić information content (AvgIpc) is 4.20. The summed E-state index contributed by atoms with van der Waals surface area (Å²) >= 11 is 4.36. The summed E-state index contributed by atoms with van der Waals surface area (Å²) in [6.07, 6.45) is 1.02. The minimum atomic E-state index is -4.20. The fraction of sp³-hybridized carbons (Fsp3) is 0.192. The molecule has 0 unspecified atom stereocenters. The van der Waals surface area contributed by atoms with E-state index in [4.69, 9.17) is 27.8 Å². The first-order valence-electron chi connectivity index (χ1n) is 23.0. The Morgan fingerprint density at radius 3 is 1.27 bits per heavy atom. The molecule has 9 aromatic rings. The molecule has 5 aromatic carbocycles. The third-order valence-corrected chi connectivity index (χ3v) is 15.7. The number of thiophene rings is 2. The molecule has 4 N–H and O–H groups in total. The van der Waals surface area contributed by atoms with E-state index in [1.165, 1.54) is 0 Å². The minimum Gasteiger partial charge on any atom is -0.378 e. The molecule has 4 heterocycles. The Morgan fingerprint density at radius 2 is 0.918 bits per heavy atom. The summed E-state index contributed by atoms with van der Waals surface area (Å²) < 4.78 is 72.3. The zero-order valence-corrected chi connectivity index (χ0v) is 43.5. The molecular formula is C52H48N8O8S5. The first kappa shape index (κ1) is 50.9. The zero-order chi connectivity index (χ0) is 51.3. The van der Waals surface area contributed by atoms with Crippen molar-refractivity contribution in [3.8, 4) is 43.4 Å². The molecule has 0 aliphatic carbocycles. The van der Waals surface area contributed by atoms with E-state index in [1.54, 1.807) is 22.7 Å². The van der Waals surface area contributed by atoms with Gasteiger partial charge in [0.1, 0.15) is 33.5 Å². The number of fused-ring (bicyclic) bond motifs is 2. The van der Waals surface area contributed by atoms with E-state index in [2.05, 4.69) is 56.8 Å². The Balaban J connectivity index is 1.10. The molecular weight excluding hydrogens is 1020 g/mol. The van der Waals surface area contributed by atoms with Crippen LogP contribution in [0.2, 0.25) is 0 Å². The van der Waals surface area contributed by atoms with E-state index in [0.29, 0.717) is 29.4 Å². The lowest BCUT2D eigenvalue weighted by atomic mass is 9.94. The Morgan fingerprint density at radius 1 is 0.534 bits per heavy atom. The van der Waals surface area contributed by atoms with Crippen LogP contribution in [0.4, 0.5) is 22.7 Å². The number of carbonyl (C=O) groups is 2.